The van der Waals surface area contributed by atoms with E-state index in [0.717, 1.165) is 67.8 Å². The van der Waals surface area contributed by atoms with Crippen LogP contribution in [-0.2, 0) is 13.1 Å². The number of nitrogen functional groups attached to an aromatic ring is 5. The second kappa shape index (κ2) is 55.1. The molecule has 144 heavy (non-hydrogen) atoms. The predicted molar refractivity (Wildman–Crippen MR) is 547 cm³/mol. The number of amides is 1. The fraction of sp³-hybridized carbons (Fsp3) is 0.121. The van der Waals surface area contributed by atoms with E-state index in [0.29, 0.717) is 101 Å². The summed E-state index contributed by atoms with van der Waals surface area (Å²) in [6, 6.07) is 62.5. The van der Waals surface area contributed by atoms with E-state index in [-0.39, 0.29) is 147 Å². The Bertz CT molecular complexity index is 7280. The normalized spacial score (nSPS) is 10.1. The number of ether oxygens (including phenoxy) is 2. The summed E-state index contributed by atoms with van der Waals surface area (Å²) in [5.41, 5.74) is 52.5. The molecule has 0 unspecified atom stereocenters. The van der Waals surface area contributed by atoms with Crippen LogP contribution in [0, 0.1) is 118 Å². The number of hydrogen-bond donors (Lipinski definition) is 11. The summed E-state index contributed by atoms with van der Waals surface area (Å²) in [6.45, 7) is 15.3. The van der Waals surface area contributed by atoms with Gasteiger partial charge in [-0.15, -0.1) is 0 Å². The topological polar surface area (TPSA) is 553 Å². The van der Waals surface area contributed by atoms with E-state index in [1.165, 1.54) is 99.1 Å². The number of halogens is 9. The summed E-state index contributed by atoms with van der Waals surface area (Å²) in [5.74, 6) is -0.613. The molecule has 9 heterocycles. The molecule has 17 N–H and O–H groups in total. The van der Waals surface area contributed by atoms with E-state index in [1.54, 1.807) is 109 Å². The van der Waals surface area contributed by atoms with Gasteiger partial charge in [0.1, 0.15) is 81.8 Å². The Balaban J connectivity index is 0.000000262. The van der Waals surface area contributed by atoms with Crippen LogP contribution in [0.1, 0.15) is 96.2 Å². The van der Waals surface area contributed by atoms with Crippen LogP contribution in [0.4, 0.5) is 51.0 Å². The van der Waals surface area contributed by atoms with Gasteiger partial charge < -0.3 is 70.7 Å². The molecule has 16 rings (SSSR count). The minimum absolute atomic E-state index is 0. The maximum absolute atomic E-state index is 13.5. The molecular formula is C99H91AlB2Cl4F5LiN24O8. The zero-order valence-electron chi connectivity index (χ0n) is 79.2. The fourth-order valence-electron chi connectivity index (χ4n) is 13.1. The van der Waals surface area contributed by atoms with Gasteiger partial charge in [0.25, 0.3) is 11.1 Å². The number of anilines is 5. The molecule has 1 amide bonds. The molecule has 0 spiro atoms. The Morgan fingerprint density at radius 3 is 0.986 bits per heavy atom. The third-order valence-electron chi connectivity index (χ3n) is 19.3. The molecule has 0 fully saturated rings. The number of hydrogen-bond acceptors (Lipinski definition) is 31. The van der Waals surface area contributed by atoms with Gasteiger partial charge in [-0.05, 0) is 260 Å². The van der Waals surface area contributed by atoms with Crippen LogP contribution >= 0.6 is 46.4 Å². The minimum Gasteiger partial charge on any atom is -1.00 e. The van der Waals surface area contributed by atoms with Gasteiger partial charge in [0, 0.05) is 91.0 Å². The average Bonchev–Trinajstić information content (AvgIpc) is 0.790. The van der Waals surface area contributed by atoms with Gasteiger partial charge in [0.05, 0.1) is 71.7 Å². The zero-order valence-corrected chi connectivity index (χ0v) is 81.3. The van der Waals surface area contributed by atoms with E-state index >= 15 is 0 Å². The van der Waals surface area contributed by atoms with Crippen molar-refractivity contribution in [3.63, 3.8) is 0 Å². The Morgan fingerprint density at radius 2 is 0.639 bits per heavy atom. The number of nitriles is 3. The van der Waals surface area contributed by atoms with Crippen molar-refractivity contribution in [1.29, 1.82) is 15.8 Å². The summed E-state index contributed by atoms with van der Waals surface area (Å²) in [7, 11) is 0.101. The molecule has 32 nitrogen and oxygen atoms in total. The summed E-state index contributed by atoms with van der Waals surface area (Å²) >= 11 is 22.0. The SMILES string of the molecule is COc1ccccc1C(=O)Cl.COc1ccccc1C(=O)NCc1nc(-c2cc(C)nc(C)c2)c(-c2ccc(F)cc2)nc1N.Cc1cc(-c2nc(C#N)c(N)nc2-c2ccc(F)cc2)cc(C)n1.Cc1cc(-c2nc(CN)c(N)nc2-c2ccc(F)cc2)cc(C)n1.Cc1cc(B(O)O)cc(C)n1.N#Cc1nc(Cl)c(-c2ccc(F)cc2)nc1N.N#Cc1nc(Cl)c(Cl)nc1N.OB(O)c1ccc(F)cc1.[AlH3].[H-].[Li+]. The van der Waals surface area contributed by atoms with E-state index < -0.39 is 19.5 Å². The number of nitrogens with two attached hydrogens (primary N) is 6. The van der Waals surface area contributed by atoms with E-state index in [4.69, 9.17) is 126 Å². The number of nitrogens with one attached hydrogen (secondary N) is 1. The quantitative estimate of drug-likeness (QED) is 0.0243. The molecule has 0 aliphatic heterocycles. The minimum atomic E-state index is -1.51. The number of carbonyl (C=O) groups is 2. The first-order chi connectivity index (χ1) is 67.6. The average molecular weight is 2040 g/mol. The number of para-hydroxylation sites is 2. The van der Waals surface area contributed by atoms with Gasteiger partial charge in [-0.3, -0.25) is 29.5 Å². The Kier molecular flexibility index (Phi) is 44.3. The maximum atomic E-state index is 13.5. The summed E-state index contributed by atoms with van der Waals surface area (Å²) in [6.07, 6.45) is 0. The van der Waals surface area contributed by atoms with Crippen LogP contribution in [0.2, 0.25) is 15.5 Å². The largest absolute Gasteiger partial charge is 1.00 e. The van der Waals surface area contributed by atoms with E-state index in [1.807, 2.05) is 97.9 Å². The van der Waals surface area contributed by atoms with Crippen molar-refractivity contribution in [3.8, 4) is 109 Å². The first-order valence-corrected chi connectivity index (χ1v) is 43.4. The van der Waals surface area contributed by atoms with E-state index in [9.17, 15) is 36.8 Å². The molecule has 0 aliphatic rings. The number of carbonyl (C=O) groups excluding carboxylic acids is 2. The van der Waals surface area contributed by atoms with Gasteiger partial charge in [-0.25, -0.2) is 71.8 Å². The van der Waals surface area contributed by atoms with Gasteiger partial charge in [0.15, 0.2) is 67.4 Å². The molecule has 0 aliphatic carbocycles. The van der Waals surface area contributed by atoms with Crippen molar-refractivity contribution in [3.05, 3.63) is 348 Å². The molecule has 0 atom stereocenters. The van der Waals surface area contributed by atoms with Gasteiger partial charge in [-0.1, -0.05) is 71.2 Å². The summed E-state index contributed by atoms with van der Waals surface area (Å²) in [4.78, 5) is 82.8. The smallest absolute Gasteiger partial charge is 1.00 e. The van der Waals surface area contributed by atoms with Crippen molar-refractivity contribution in [2.45, 2.75) is 68.5 Å². The molecule has 0 bridgehead atoms. The number of methoxy groups -OCH3 is 2. The van der Waals surface area contributed by atoms with Crippen LogP contribution in [0.5, 0.6) is 11.5 Å². The van der Waals surface area contributed by atoms with Crippen molar-refractivity contribution in [2.75, 3.05) is 42.9 Å². The molecule has 16 aromatic rings. The first kappa shape index (κ1) is 116. The summed E-state index contributed by atoms with van der Waals surface area (Å²) in [5, 5.41) is 63.4. The Labute approximate surface area is 869 Å². The molecular weight excluding hydrogens is 1950 g/mol. The molecule has 7 aromatic carbocycles. The van der Waals surface area contributed by atoms with Crippen molar-refractivity contribution in [2.24, 2.45) is 5.73 Å². The number of nitrogens with zero attached hydrogens (tertiary/aromatic N) is 17. The molecule has 9 aromatic heterocycles. The molecule has 0 saturated carbocycles. The predicted octanol–water partition coefficient (Wildman–Crippen LogP) is 11.4. The standard InChI is InChI=1S/C26H24FN5O2.C18H18FN5.C18H14FN5.C11H6ClFN4.C8H7ClO2.C7H10BNO2.C6H6BFO2.C5H2Cl2N4.Al.Li.4H/c1-15-12-18(13-16(2)30-15)24-23(17-8-10-19(27)11-9-17)32-25(28)21(31-24)14-29-26(33)20-6-4-5-7-22(20)34-3;2*1-10-7-13(8-11(2)22-10)17-16(12-3-5-14(19)6-4-12)24-18(21)15(9-20)23-17;12-10-9(6-1-3-7(13)4-2-6)17-11(15)8(5-14)16-10;1-11-7-5-3-2-4-6(7)8(9)10;1-5-3-7(8(10)11)4-6(2)9-5;8-6-3-1-5(2-4-6)7(9)10;6-3-4(7)11-5(9)2(1-8)10-3;;;;;;/h4-13H,14H2,1-3H3,(H2,28,32)(H,29,33);3-8H,9,20H2,1-2H3,(H2,21,24);3-8H,1-2H3,(H2,21,24);1-4H,(H2,15,17);2-5H,1H3;3-4,10-11H,1-2H3;1-4,9-10H;(H2,9,11);;;;;;/q;;;;;;;;;+1;;;;-1. The maximum Gasteiger partial charge on any atom is 1.00 e. The van der Waals surface area contributed by atoms with Crippen LogP contribution in [-0.4, -0.2) is 147 Å². The van der Waals surface area contributed by atoms with Gasteiger partial charge >= 0.3 is 33.1 Å². The number of benzene rings is 7. The fourth-order valence-corrected chi connectivity index (χ4v) is 13.7. The third kappa shape index (κ3) is 33.1. The summed E-state index contributed by atoms with van der Waals surface area (Å²) < 4.78 is 75.1. The van der Waals surface area contributed by atoms with Crippen molar-refractivity contribution >= 4 is 129 Å². The van der Waals surface area contributed by atoms with Crippen LogP contribution < -0.4 is 79.0 Å². The Hall–Kier alpha value is -15.4. The van der Waals surface area contributed by atoms with Gasteiger partial charge in [-0.2, -0.15) is 15.8 Å². The molecule has 45 heteroatoms. The second-order valence-electron chi connectivity index (χ2n) is 30.1. The van der Waals surface area contributed by atoms with Crippen molar-refractivity contribution in [1.82, 2.24) is 75.1 Å². The number of pyridine rings is 4. The van der Waals surface area contributed by atoms with Crippen molar-refractivity contribution < 1.29 is 81.4 Å². The molecule has 0 saturated heterocycles. The molecule has 0 radical (unpaired) electrons. The van der Waals surface area contributed by atoms with E-state index in [2.05, 4.69) is 70.1 Å². The van der Waals surface area contributed by atoms with Crippen LogP contribution in [0.15, 0.2) is 218 Å². The first-order valence-electron chi connectivity index (χ1n) is 41.9. The van der Waals surface area contributed by atoms with Crippen LogP contribution in [0.3, 0.4) is 0 Å². The zero-order chi connectivity index (χ0) is 104. The monoisotopic (exact) mass is 2030 g/mol. The number of aryl methyl sites for hydroxylation is 8. The Morgan fingerprint density at radius 1 is 0.361 bits per heavy atom. The third-order valence-corrected chi connectivity index (χ3v) is 20.4. The number of rotatable bonds is 16. The molecule has 728 valence electrons. The number of aromatic nitrogens is 14. The van der Waals surface area contributed by atoms with Crippen LogP contribution in [0.25, 0.3) is 78.8 Å². The second-order valence-corrected chi connectivity index (χ2v) is 31.5. The van der Waals surface area contributed by atoms with Gasteiger partial charge in [0.2, 0.25) is 0 Å².